The summed E-state index contributed by atoms with van der Waals surface area (Å²) in [5, 5.41) is 0. The molecule has 0 saturated heterocycles. The molecular formula is C12H24O2. The fourth-order valence-corrected chi connectivity index (χ4v) is 2.64. The second kappa shape index (κ2) is 6.41. The summed E-state index contributed by atoms with van der Waals surface area (Å²) in [6, 6.07) is 0. The van der Waals surface area contributed by atoms with Crippen LogP contribution in [0.4, 0.5) is 0 Å². The summed E-state index contributed by atoms with van der Waals surface area (Å²) >= 11 is 0. The van der Waals surface area contributed by atoms with Gasteiger partial charge in [-0.2, -0.15) is 0 Å². The standard InChI is InChI=1S/C12H24O2/c1-10-6-4-5-7-11(10)12(14-3)8-9-13-2/h10-12H,4-9H2,1-3H3. The van der Waals surface area contributed by atoms with Gasteiger partial charge in [-0.05, 0) is 24.7 Å². The minimum atomic E-state index is 0.408. The number of ether oxygens (including phenoxy) is 2. The van der Waals surface area contributed by atoms with Gasteiger partial charge >= 0.3 is 0 Å². The SMILES string of the molecule is COCCC(OC)C1CCCCC1C. The van der Waals surface area contributed by atoms with Crippen LogP contribution in [-0.4, -0.2) is 26.9 Å². The molecule has 1 fully saturated rings. The quantitative estimate of drug-likeness (QED) is 0.679. The fraction of sp³-hybridized carbons (Fsp3) is 1.00. The van der Waals surface area contributed by atoms with Crippen LogP contribution >= 0.6 is 0 Å². The highest BCUT2D eigenvalue weighted by Gasteiger charge is 2.28. The van der Waals surface area contributed by atoms with Crippen molar-refractivity contribution >= 4 is 0 Å². The lowest BCUT2D eigenvalue weighted by Gasteiger charge is -2.34. The maximum atomic E-state index is 5.58. The molecule has 1 aliphatic rings. The van der Waals surface area contributed by atoms with E-state index in [1.54, 1.807) is 7.11 Å². The smallest absolute Gasteiger partial charge is 0.0623 e. The number of rotatable bonds is 5. The topological polar surface area (TPSA) is 18.5 Å². The molecule has 0 aromatic rings. The largest absolute Gasteiger partial charge is 0.385 e. The van der Waals surface area contributed by atoms with Crippen molar-refractivity contribution in [2.75, 3.05) is 20.8 Å². The lowest BCUT2D eigenvalue weighted by molar-refractivity contribution is -0.00577. The lowest BCUT2D eigenvalue weighted by Crippen LogP contribution is -2.31. The highest BCUT2D eigenvalue weighted by atomic mass is 16.5. The van der Waals surface area contributed by atoms with E-state index in [0.29, 0.717) is 6.10 Å². The zero-order chi connectivity index (χ0) is 10.4. The van der Waals surface area contributed by atoms with Crippen LogP contribution in [-0.2, 0) is 9.47 Å². The maximum absolute atomic E-state index is 5.58. The molecule has 0 aromatic carbocycles. The summed E-state index contributed by atoms with van der Waals surface area (Å²) in [6.07, 6.45) is 6.94. The molecule has 0 radical (unpaired) electrons. The number of hydrogen-bond donors (Lipinski definition) is 0. The van der Waals surface area contributed by atoms with Crippen LogP contribution in [0.15, 0.2) is 0 Å². The summed E-state index contributed by atoms with van der Waals surface area (Å²) < 4.78 is 10.7. The Labute approximate surface area is 88.0 Å². The zero-order valence-electron chi connectivity index (χ0n) is 9.79. The Morgan fingerprint density at radius 3 is 2.50 bits per heavy atom. The average Bonchev–Trinajstić information content (AvgIpc) is 2.21. The van der Waals surface area contributed by atoms with Gasteiger partial charge in [-0.1, -0.05) is 26.2 Å². The molecule has 2 nitrogen and oxygen atoms in total. The monoisotopic (exact) mass is 200 g/mol. The van der Waals surface area contributed by atoms with Crippen molar-refractivity contribution in [1.82, 2.24) is 0 Å². The van der Waals surface area contributed by atoms with Crippen LogP contribution in [0.3, 0.4) is 0 Å². The summed E-state index contributed by atoms with van der Waals surface area (Å²) in [4.78, 5) is 0. The number of methoxy groups -OCH3 is 2. The molecule has 1 rings (SSSR count). The summed E-state index contributed by atoms with van der Waals surface area (Å²) in [5.74, 6) is 1.58. The molecule has 3 unspecified atom stereocenters. The van der Waals surface area contributed by atoms with Crippen LogP contribution in [0.1, 0.15) is 39.0 Å². The maximum Gasteiger partial charge on any atom is 0.0623 e. The first-order valence-electron chi connectivity index (χ1n) is 5.81. The Hall–Kier alpha value is -0.0800. The van der Waals surface area contributed by atoms with Gasteiger partial charge in [-0.3, -0.25) is 0 Å². The van der Waals surface area contributed by atoms with Gasteiger partial charge in [0, 0.05) is 20.8 Å². The molecule has 0 bridgehead atoms. The predicted molar refractivity (Wildman–Crippen MR) is 58.4 cm³/mol. The first kappa shape index (κ1) is 12.0. The molecule has 1 aliphatic carbocycles. The van der Waals surface area contributed by atoms with Gasteiger partial charge in [0.2, 0.25) is 0 Å². The van der Waals surface area contributed by atoms with E-state index in [0.717, 1.165) is 24.9 Å². The Balaban J connectivity index is 2.40. The molecule has 2 heteroatoms. The van der Waals surface area contributed by atoms with Crippen molar-refractivity contribution in [2.24, 2.45) is 11.8 Å². The van der Waals surface area contributed by atoms with Crippen LogP contribution in [0.25, 0.3) is 0 Å². The Kier molecular flexibility index (Phi) is 5.49. The molecule has 0 spiro atoms. The van der Waals surface area contributed by atoms with Crippen LogP contribution in [0.5, 0.6) is 0 Å². The second-order valence-electron chi connectivity index (χ2n) is 4.48. The van der Waals surface area contributed by atoms with Gasteiger partial charge in [-0.15, -0.1) is 0 Å². The van der Waals surface area contributed by atoms with E-state index in [1.165, 1.54) is 25.7 Å². The van der Waals surface area contributed by atoms with Crippen molar-refractivity contribution in [1.29, 1.82) is 0 Å². The first-order chi connectivity index (χ1) is 6.79. The van der Waals surface area contributed by atoms with E-state index in [2.05, 4.69) is 6.92 Å². The van der Waals surface area contributed by atoms with Gasteiger partial charge in [-0.25, -0.2) is 0 Å². The van der Waals surface area contributed by atoms with Crippen LogP contribution in [0.2, 0.25) is 0 Å². The molecular weight excluding hydrogens is 176 g/mol. The average molecular weight is 200 g/mol. The van der Waals surface area contributed by atoms with Gasteiger partial charge in [0.25, 0.3) is 0 Å². The normalized spacial score (nSPS) is 30.2. The van der Waals surface area contributed by atoms with Crippen molar-refractivity contribution in [3.8, 4) is 0 Å². The molecule has 3 atom stereocenters. The molecule has 0 N–H and O–H groups in total. The summed E-state index contributed by atoms with van der Waals surface area (Å²) in [6.45, 7) is 3.18. The van der Waals surface area contributed by atoms with Crippen LogP contribution in [0, 0.1) is 11.8 Å². The Morgan fingerprint density at radius 2 is 1.93 bits per heavy atom. The molecule has 0 heterocycles. The van der Waals surface area contributed by atoms with E-state index < -0.39 is 0 Å². The van der Waals surface area contributed by atoms with Gasteiger partial charge in [0.05, 0.1) is 6.10 Å². The molecule has 0 amide bonds. The predicted octanol–water partition coefficient (Wildman–Crippen LogP) is 2.86. The highest BCUT2D eigenvalue weighted by Crippen LogP contribution is 2.34. The lowest BCUT2D eigenvalue weighted by atomic mass is 9.76. The van der Waals surface area contributed by atoms with E-state index in [9.17, 15) is 0 Å². The zero-order valence-corrected chi connectivity index (χ0v) is 9.79. The molecule has 0 aromatic heterocycles. The van der Waals surface area contributed by atoms with E-state index in [-0.39, 0.29) is 0 Å². The second-order valence-corrected chi connectivity index (χ2v) is 4.48. The number of hydrogen-bond acceptors (Lipinski definition) is 2. The van der Waals surface area contributed by atoms with Crippen molar-refractivity contribution in [2.45, 2.75) is 45.1 Å². The third-order valence-corrected chi connectivity index (χ3v) is 3.56. The van der Waals surface area contributed by atoms with Crippen molar-refractivity contribution in [3.05, 3.63) is 0 Å². The summed E-state index contributed by atoms with van der Waals surface area (Å²) in [5.41, 5.74) is 0. The van der Waals surface area contributed by atoms with Gasteiger partial charge in [0.15, 0.2) is 0 Å². The van der Waals surface area contributed by atoms with Gasteiger partial charge < -0.3 is 9.47 Å². The fourth-order valence-electron chi connectivity index (χ4n) is 2.64. The molecule has 84 valence electrons. The minimum Gasteiger partial charge on any atom is -0.385 e. The molecule has 1 saturated carbocycles. The third-order valence-electron chi connectivity index (χ3n) is 3.56. The molecule has 0 aliphatic heterocycles. The third kappa shape index (κ3) is 3.25. The van der Waals surface area contributed by atoms with Crippen LogP contribution < -0.4 is 0 Å². The van der Waals surface area contributed by atoms with E-state index >= 15 is 0 Å². The van der Waals surface area contributed by atoms with Crippen molar-refractivity contribution < 1.29 is 9.47 Å². The van der Waals surface area contributed by atoms with E-state index in [4.69, 9.17) is 9.47 Å². The highest BCUT2D eigenvalue weighted by molar-refractivity contribution is 4.79. The van der Waals surface area contributed by atoms with E-state index in [1.807, 2.05) is 7.11 Å². The van der Waals surface area contributed by atoms with Gasteiger partial charge in [0.1, 0.15) is 0 Å². The first-order valence-corrected chi connectivity index (χ1v) is 5.81. The minimum absolute atomic E-state index is 0.408. The molecule has 14 heavy (non-hydrogen) atoms. The van der Waals surface area contributed by atoms with Crippen molar-refractivity contribution in [3.63, 3.8) is 0 Å². The Bertz CT molecular complexity index is 147. The Morgan fingerprint density at radius 1 is 1.21 bits per heavy atom. The summed E-state index contributed by atoms with van der Waals surface area (Å²) in [7, 11) is 3.60.